The van der Waals surface area contributed by atoms with E-state index in [-0.39, 0.29) is 24.5 Å². The number of phenols is 1. The van der Waals surface area contributed by atoms with Crippen LogP contribution in [0.5, 0.6) is 5.75 Å². The van der Waals surface area contributed by atoms with Gasteiger partial charge in [-0.25, -0.2) is 28.5 Å². The van der Waals surface area contributed by atoms with Crippen molar-refractivity contribution >= 4 is 40.8 Å². The number of allylic oxidation sites excluding steroid dienone is 2. The van der Waals surface area contributed by atoms with Crippen LogP contribution in [-0.4, -0.2) is 40.8 Å². The van der Waals surface area contributed by atoms with E-state index >= 15 is 4.79 Å². The largest absolute Gasteiger partial charge is 0.508 e. The molecule has 2 N–H and O–H groups in total. The number of aromatic nitrogens is 4. The minimum Gasteiger partial charge on any atom is -0.508 e. The molecule has 53 heavy (non-hydrogen) atoms. The first kappa shape index (κ1) is 34.5. The lowest BCUT2D eigenvalue weighted by Crippen LogP contribution is -2.53. The second kappa shape index (κ2) is 12.2. The van der Waals surface area contributed by atoms with Crippen molar-refractivity contribution in [2.45, 2.75) is 43.4 Å². The first-order chi connectivity index (χ1) is 25.2. The van der Waals surface area contributed by atoms with Crippen LogP contribution in [0.4, 0.5) is 19.0 Å². The summed E-state index contributed by atoms with van der Waals surface area (Å²) in [4.78, 5) is 61.8. The number of aryl methyl sites for hydroxylation is 1. The highest BCUT2D eigenvalue weighted by atomic mass is 35.5. The molecule has 1 saturated heterocycles. The SMILES string of the molecule is Cc1cc([C@H]2C3=CCn4c(=O)n(-c5ccccc5)c(=O)n4[C@@H]3C[C@H]3C(=O)N(Nc4ncc(C(F)(F)F)cc4Cl)C(=O)[C@@]23c2ccc(Cl)cc2)ccc1O. The van der Waals surface area contributed by atoms with Crippen LogP contribution < -0.4 is 16.8 Å². The third-order valence-electron chi connectivity index (χ3n) is 10.4. The molecule has 3 aliphatic rings. The van der Waals surface area contributed by atoms with E-state index in [2.05, 4.69) is 10.4 Å². The average Bonchev–Trinajstić information content (AvgIpc) is 3.51. The summed E-state index contributed by atoms with van der Waals surface area (Å²) in [6, 6.07) is 19.3. The summed E-state index contributed by atoms with van der Waals surface area (Å²) in [6.07, 6.45) is -2.56. The van der Waals surface area contributed by atoms with Crippen LogP contribution in [0.15, 0.2) is 106 Å². The van der Waals surface area contributed by atoms with E-state index in [0.717, 1.165) is 4.57 Å². The number of carbonyl (C=O) groups excluding carboxylic acids is 2. The van der Waals surface area contributed by atoms with E-state index in [0.29, 0.717) is 50.2 Å². The van der Waals surface area contributed by atoms with Crippen molar-refractivity contribution in [1.29, 1.82) is 0 Å². The van der Waals surface area contributed by atoms with Gasteiger partial charge < -0.3 is 5.11 Å². The molecule has 0 spiro atoms. The zero-order chi connectivity index (χ0) is 37.6. The van der Waals surface area contributed by atoms with E-state index in [9.17, 15) is 32.7 Å². The molecule has 2 amide bonds. The molecule has 4 heterocycles. The second-order valence-corrected chi connectivity index (χ2v) is 14.0. The fraction of sp³-hybridized carbons (Fsp3) is 0.216. The lowest BCUT2D eigenvalue weighted by atomic mass is 9.53. The van der Waals surface area contributed by atoms with Gasteiger partial charge in [0.2, 0.25) is 0 Å². The number of amides is 2. The number of halogens is 5. The maximum Gasteiger partial charge on any atom is 0.417 e. The van der Waals surface area contributed by atoms with Crippen LogP contribution in [0.3, 0.4) is 0 Å². The lowest BCUT2D eigenvalue weighted by Gasteiger charge is -2.49. The molecule has 5 aromatic rings. The van der Waals surface area contributed by atoms with Gasteiger partial charge in [0.25, 0.3) is 11.8 Å². The van der Waals surface area contributed by atoms with Gasteiger partial charge in [0.15, 0.2) is 5.82 Å². The van der Waals surface area contributed by atoms with Crippen LogP contribution in [0.2, 0.25) is 10.0 Å². The quantitative estimate of drug-likeness (QED) is 0.162. The Balaban J connectivity index is 1.36. The highest BCUT2D eigenvalue weighted by molar-refractivity contribution is 6.33. The molecule has 8 rings (SSSR count). The number of nitrogens with one attached hydrogen (secondary N) is 1. The van der Waals surface area contributed by atoms with Crippen molar-refractivity contribution < 1.29 is 27.9 Å². The Kier molecular flexibility index (Phi) is 7.96. The van der Waals surface area contributed by atoms with Crippen molar-refractivity contribution in [1.82, 2.24) is 23.9 Å². The van der Waals surface area contributed by atoms with Gasteiger partial charge >= 0.3 is 17.6 Å². The summed E-state index contributed by atoms with van der Waals surface area (Å²) in [6.45, 7) is 1.64. The number of hydrazine groups is 1. The van der Waals surface area contributed by atoms with Gasteiger partial charge in [-0.2, -0.15) is 18.2 Å². The van der Waals surface area contributed by atoms with Crippen molar-refractivity contribution in [3.63, 3.8) is 0 Å². The monoisotopic (exact) mass is 762 g/mol. The number of hydrogen-bond acceptors (Lipinski definition) is 7. The summed E-state index contributed by atoms with van der Waals surface area (Å²) in [5.74, 6) is -4.10. The smallest absolute Gasteiger partial charge is 0.417 e. The molecule has 3 aromatic carbocycles. The maximum absolute atomic E-state index is 15.2. The number of rotatable bonds is 5. The lowest BCUT2D eigenvalue weighted by molar-refractivity contribution is -0.139. The van der Waals surface area contributed by atoms with Crippen molar-refractivity contribution in [3.8, 4) is 11.4 Å². The fourth-order valence-corrected chi connectivity index (χ4v) is 8.41. The molecule has 1 aliphatic carbocycles. The van der Waals surface area contributed by atoms with Gasteiger partial charge in [-0.3, -0.25) is 15.0 Å². The Morgan fingerprint density at radius 2 is 1.66 bits per heavy atom. The number of alkyl halides is 3. The molecular formula is C37H27Cl2F3N6O5. The summed E-state index contributed by atoms with van der Waals surface area (Å²) < 4.78 is 44.0. The predicted molar refractivity (Wildman–Crippen MR) is 188 cm³/mol. The molecule has 2 fully saturated rings. The van der Waals surface area contributed by atoms with Gasteiger partial charge in [-0.1, -0.05) is 71.7 Å². The molecule has 4 atom stereocenters. The Bertz CT molecular complexity index is 2500. The number of fused-ring (bicyclic) bond motifs is 4. The number of para-hydroxylation sites is 1. The zero-order valence-corrected chi connectivity index (χ0v) is 29.0. The van der Waals surface area contributed by atoms with Crippen molar-refractivity contribution in [3.05, 3.63) is 150 Å². The Hall–Kier alpha value is -5.60. The minimum atomic E-state index is -4.75. The topological polar surface area (TPSA) is 131 Å². The number of imide groups is 1. The Morgan fingerprint density at radius 3 is 2.32 bits per heavy atom. The van der Waals surface area contributed by atoms with Crippen molar-refractivity contribution in [2.75, 3.05) is 5.43 Å². The fourth-order valence-electron chi connectivity index (χ4n) is 8.08. The molecule has 2 aromatic heterocycles. The van der Waals surface area contributed by atoms with Gasteiger partial charge in [-0.15, -0.1) is 0 Å². The molecular weight excluding hydrogens is 736 g/mol. The highest BCUT2D eigenvalue weighted by Crippen LogP contribution is 2.62. The number of aromatic hydroxyl groups is 1. The van der Waals surface area contributed by atoms with Crippen LogP contribution in [0, 0.1) is 12.8 Å². The molecule has 16 heteroatoms. The standard InChI is InChI=1S/C37H27Cl2F3N6O5/c1-19-15-20(7-12-29(19)49)30-25-13-14-45-34(52)46(24-5-3-2-4-6-24)35(53)48(45)28(25)17-26-32(50)47(33(51)36(26,30)21-8-10-23(38)11-9-21)44-31-27(39)16-22(18-43-31)37(40,41)42/h2-13,15-16,18,26,28,30,49H,14,17H2,1H3,(H,43,44)/t26-,28+,30-,36+/m0/s1. The van der Waals surface area contributed by atoms with Crippen LogP contribution in [-0.2, 0) is 27.7 Å². The molecule has 0 radical (unpaired) electrons. The first-order valence-corrected chi connectivity index (χ1v) is 17.1. The number of carbonyl (C=O) groups is 2. The summed E-state index contributed by atoms with van der Waals surface area (Å²) in [5, 5.41) is 11.1. The number of anilines is 1. The number of benzene rings is 3. The van der Waals surface area contributed by atoms with Gasteiger partial charge in [0.05, 0.1) is 40.2 Å². The minimum absolute atomic E-state index is 0.0130. The van der Waals surface area contributed by atoms with E-state index in [1.807, 2.05) is 0 Å². The van der Waals surface area contributed by atoms with Crippen molar-refractivity contribution in [2.24, 2.45) is 5.92 Å². The zero-order valence-electron chi connectivity index (χ0n) is 27.5. The highest BCUT2D eigenvalue weighted by Gasteiger charge is 2.69. The van der Waals surface area contributed by atoms with E-state index < -0.39 is 63.2 Å². The molecule has 270 valence electrons. The number of phenolic OH excluding ortho intramolecular Hbond substituents is 1. The van der Waals surface area contributed by atoms with E-state index in [1.54, 1.807) is 79.7 Å². The average molecular weight is 764 g/mol. The third-order valence-corrected chi connectivity index (χ3v) is 10.9. The normalized spacial score (nSPS) is 22.3. The maximum atomic E-state index is 15.2. The number of pyridine rings is 1. The Morgan fingerprint density at radius 1 is 0.943 bits per heavy atom. The number of hydrogen-bond donors (Lipinski definition) is 2. The van der Waals surface area contributed by atoms with Gasteiger partial charge in [0, 0.05) is 17.1 Å². The molecule has 0 unspecified atom stereocenters. The molecule has 0 bridgehead atoms. The van der Waals surface area contributed by atoms with E-state index in [4.69, 9.17) is 23.2 Å². The van der Waals surface area contributed by atoms with Gasteiger partial charge in [0.1, 0.15) is 5.75 Å². The van der Waals surface area contributed by atoms with Crippen LogP contribution in [0.25, 0.3) is 5.69 Å². The molecule has 11 nitrogen and oxygen atoms in total. The molecule has 1 saturated carbocycles. The summed E-state index contributed by atoms with van der Waals surface area (Å²) in [5.41, 5.74) is 0.809. The predicted octanol–water partition coefficient (Wildman–Crippen LogP) is 6.15. The van der Waals surface area contributed by atoms with Crippen LogP contribution >= 0.6 is 23.2 Å². The second-order valence-electron chi connectivity index (χ2n) is 13.2. The number of nitrogens with zero attached hydrogens (tertiary/aromatic N) is 5. The molecule has 2 aliphatic heterocycles. The summed E-state index contributed by atoms with van der Waals surface area (Å²) >= 11 is 12.5. The summed E-state index contributed by atoms with van der Waals surface area (Å²) in [7, 11) is 0. The Labute approximate surface area is 308 Å². The van der Waals surface area contributed by atoms with Crippen LogP contribution in [0.1, 0.15) is 40.6 Å². The third kappa shape index (κ3) is 5.14. The van der Waals surface area contributed by atoms with E-state index in [1.165, 1.54) is 15.4 Å². The first-order valence-electron chi connectivity index (χ1n) is 16.4. The van der Waals surface area contributed by atoms with Gasteiger partial charge in [-0.05, 0) is 72.0 Å².